The van der Waals surface area contributed by atoms with Crippen molar-refractivity contribution in [3.63, 3.8) is 0 Å². The molecule has 5 nitrogen and oxygen atoms in total. The highest BCUT2D eigenvalue weighted by Gasteiger charge is 2.32. The Morgan fingerprint density at radius 2 is 1.85 bits per heavy atom. The monoisotopic (exact) mass is 370 g/mol. The van der Waals surface area contributed by atoms with Gasteiger partial charge < -0.3 is 5.11 Å². The standard InChI is InChI=1S/C19H15FN2O3S/c1-2-22-17(23)16(11-12-3-7-14(20)8-4-12)26-19(22)21-15-9-5-13(6-10-15)18(24)25/h3-11H,2H2,1H3,(H,24,25). The number of hydrogen-bond acceptors (Lipinski definition) is 4. The van der Waals surface area contributed by atoms with Crippen molar-refractivity contribution < 1.29 is 19.1 Å². The molecule has 1 fully saturated rings. The normalized spacial score (nSPS) is 17.3. The van der Waals surface area contributed by atoms with Gasteiger partial charge in [-0.25, -0.2) is 14.2 Å². The number of hydrogen-bond donors (Lipinski definition) is 1. The van der Waals surface area contributed by atoms with Gasteiger partial charge in [0.2, 0.25) is 0 Å². The zero-order valence-corrected chi connectivity index (χ0v) is 14.7. The number of aromatic carboxylic acids is 1. The van der Waals surface area contributed by atoms with Gasteiger partial charge in [0.25, 0.3) is 5.91 Å². The average molecular weight is 370 g/mol. The van der Waals surface area contributed by atoms with E-state index in [0.717, 1.165) is 5.56 Å². The molecular weight excluding hydrogens is 355 g/mol. The summed E-state index contributed by atoms with van der Waals surface area (Å²) in [4.78, 5) is 30.0. The van der Waals surface area contributed by atoms with Gasteiger partial charge in [-0.1, -0.05) is 12.1 Å². The number of rotatable bonds is 4. The molecule has 1 N–H and O–H groups in total. The van der Waals surface area contributed by atoms with Crippen molar-refractivity contribution in [3.05, 3.63) is 70.4 Å². The van der Waals surface area contributed by atoms with Gasteiger partial charge in [-0.2, -0.15) is 0 Å². The zero-order valence-electron chi connectivity index (χ0n) is 13.8. The molecular formula is C19H15FN2O3S. The van der Waals surface area contributed by atoms with Crippen LogP contribution in [0, 0.1) is 5.82 Å². The maximum absolute atomic E-state index is 13.0. The van der Waals surface area contributed by atoms with Gasteiger partial charge in [0.1, 0.15) is 5.82 Å². The van der Waals surface area contributed by atoms with Crippen LogP contribution < -0.4 is 0 Å². The molecule has 0 atom stereocenters. The summed E-state index contributed by atoms with van der Waals surface area (Å²) in [5.74, 6) is -1.50. The van der Waals surface area contributed by atoms with Crippen LogP contribution in [0.1, 0.15) is 22.8 Å². The summed E-state index contributed by atoms with van der Waals surface area (Å²) in [7, 11) is 0. The predicted octanol–water partition coefficient (Wildman–Crippen LogP) is 4.15. The van der Waals surface area contributed by atoms with E-state index in [2.05, 4.69) is 4.99 Å². The topological polar surface area (TPSA) is 70.0 Å². The highest BCUT2D eigenvalue weighted by Crippen LogP contribution is 2.34. The molecule has 3 rings (SSSR count). The van der Waals surface area contributed by atoms with Gasteiger partial charge in [0.05, 0.1) is 16.2 Å². The number of aliphatic imine (C=N–C) groups is 1. The van der Waals surface area contributed by atoms with E-state index in [4.69, 9.17) is 5.11 Å². The number of halogens is 1. The summed E-state index contributed by atoms with van der Waals surface area (Å²) in [6, 6.07) is 12.0. The van der Waals surface area contributed by atoms with Gasteiger partial charge in [0.15, 0.2) is 5.17 Å². The third-order valence-corrected chi connectivity index (χ3v) is 4.72. The molecule has 0 spiro atoms. The minimum absolute atomic E-state index is 0.164. The molecule has 0 radical (unpaired) electrons. The lowest BCUT2D eigenvalue weighted by Crippen LogP contribution is -2.28. The van der Waals surface area contributed by atoms with E-state index in [1.54, 1.807) is 35.2 Å². The molecule has 1 aliphatic heterocycles. The number of amidine groups is 1. The summed E-state index contributed by atoms with van der Waals surface area (Å²) in [5, 5.41) is 9.47. The quantitative estimate of drug-likeness (QED) is 0.821. The molecule has 26 heavy (non-hydrogen) atoms. The molecule has 0 unspecified atom stereocenters. The number of thioether (sulfide) groups is 1. The van der Waals surface area contributed by atoms with Crippen LogP contribution in [0.4, 0.5) is 10.1 Å². The Morgan fingerprint density at radius 3 is 2.42 bits per heavy atom. The summed E-state index contributed by atoms with van der Waals surface area (Å²) in [6.07, 6.45) is 1.70. The van der Waals surface area contributed by atoms with Crippen molar-refractivity contribution >= 4 is 40.6 Å². The van der Waals surface area contributed by atoms with Gasteiger partial charge in [-0.05, 0) is 66.7 Å². The van der Waals surface area contributed by atoms with E-state index < -0.39 is 5.97 Å². The van der Waals surface area contributed by atoms with E-state index in [-0.39, 0.29) is 17.3 Å². The molecule has 7 heteroatoms. The van der Waals surface area contributed by atoms with Crippen molar-refractivity contribution in [2.45, 2.75) is 6.92 Å². The number of nitrogens with zero attached hydrogens (tertiary/aromatic N) is 2. The summed E-state index contributed by atoms with van der Waals surface area (Å²) in [5.41, 5.74) is 1.46. The lowest BCUT2D eigenvalue weighted by Gasteiger charge is -2.12. The Kier molecular flexibility index (Phi) is 5.18. The van der Waals surface area contributed by atoms with Crippen molar-refractivity contribution in [2.24, 2.45) is 4.99 Å². The molecule has 0 aliphatic carbocycles. The second-order valence-electron chi connectivity index (χ2n) is 5.46. The second-order valence-corrected chi connectivity index (χ2v) is 6.47. The van der Waals surface area contributed by atoms with Crippen LogP contribution in [0.2, 0.25) is 0 Å². The van der Waals surface area contributed by atoms with Crippen LogP contribution in [0.5, 0.6) is 0 Å². The first-order valence-electron chi connectivity index (χ1n) is 7.87. The Balaban J connectivity index is 1.89. The molecule has 1 saturated heterocycles. The number of carboxylic acids is 1. The average Bonchev–Trinajstić information content (AvgIpc) is 2.92. The largest absolute Gasteiger partial charge is 0.478 e. The van der Waals surface area contributed by atoms with Crippen LogP contribution in [-0.4, -0.2) is 33.6 Å². The number of amides is 1. The van der Waals surface area contributed by atoms with Gasteiger partial charge in [-0.3, -0.25) is 9.69 Å². The van der Waals surface area contributed by atoms with Crippen LogP contribution in [0.15, 0.2) is 58.4 Å². The molecule has 2 aromatic rings. The lowest BCUT2D eigenvalue weighted by molar-refractivity contribution is -0.122. The molecule has 0 bridgehead atoms. The minimum atomic E-state index is -1.01. The molecule has 0 saturated carbocycles. The highest BCUT2D eigenvalue weighted by molar-refractivity contribution is 8.18. The molecule has 1 aliphatic rings. The molecule has 1 heterocycles. The van der Waals surface area contributed by atoms with Crippen LogP contribution in [0.3, 0.4) is 0 Å². The number of carbonyl (C=O) groups excluding carboxylic acids is 1. The Labute approximate surface area is 153 Å². The van der Waals surface area contributed by atoms with Gasteiger partial charge in [-0.15, -0.1) is 0 Å². The lowest BCUT2D eigenvalue weighted by atomic mass is 10.2. The van der Waals surface area contributed by atoms with E-state index in [9.17, 15) is 14.0 Å². The van der Waals surface area contributed by atoms with Crippen molar-refractivity contribution in [3.8, 4) is 0 Å². The number of carbonyl (C=O) groups is 2. The first kappa shape index (κ1) is 17.9. The number of benzene rings is 2. The fourth-order valence-electron chi connectivity index (χ4n) is 2.37. The Hall–Kier alpha value is -2.93. The molecule has 1 amide bonds. The summed E-state index contributed by atoms with van der Waals surface area (Å²) >= 11 is 1.23. The first-order chi connectivity index (χ1) is 12.5. The summed E-state index contributed by atoms with van der Waals surface area (Å²) in [6.45, 7) is 2.31. The Morgan fingerprint density at radius 1 is 1.19 bits per heavy atom. The van der Waals surface area contributed by atoms with Crippen LogP contribution >= 0.6 is 11.8 Å². The SMILES string of the molecule is CCN1C(=O)C(=Cc2ccc(F)cc2)SC1=Nc1ccc(C(=O)O)cc1. The van der Waals surface area contributed by atoms with Crippen molar-refractivity contribution in [1.29, 1.82) is 0 Å². The smallest absolute Gasteiger partial charge is 0.335 e. The highest BCUT2D eigenvalue weighted by atomic mass is 32.2. The molecule has 2 aromatic carbocycles. The molecule has 0 aromatic heterocycles. The first-order valence-corrected chi connectivity index (χ1v) is 8.68. The van der Waals surface area contributed by atoms with Crippen LogP contribution in [-0.2, 0) is 4.79 Å². The minimum Gasteiger partial charge on any atom is -0.478 e. The van der Waals surface area contributed by atoms with Gasteiger partial charge in [0, 0.05) is 6.54 Å². The Bertz CT molecular complexity index is 905. The van der Waals surface area contributed by atoms with E-state index in [1.807, 2.05) is 6.92 Å². The van der Waals surface area contributed by atoms with E-state index >= 15 is 0 Å². The summed E-state index contributed by atoms with van der Waals surface area (Å²) < 4.78 is 13.0. The fourth-order valence-corrected chi connectivity index (χ4v) is 3.43. The molecule has 132 valence electrons. The van der Waals surface area contributed by atoms with Crippen molar-refractivity contribution in [2.75, 3.05) is 6.54 Å². The third kappa shape index (κ3) is 3.83. The van der Waals surface area contributed by atoms with Crippen molar-refractivity contribution in [1.82, 2.24) is 4.90 Å². The maximum atomic E-state index is 13.0. The predicted molar refractivity (Wildman–Crippen MR) is 99.9 cm³/mol. The maximum Gasteiger partial charge on any atom is 0.335 e. The number of likely N-dealkylation sites (N-methyl/N-ethyl adjacent to an activating group) is 1. The second kappa shape index (κ2) is 7.53. The van der Waals surface area contributed by atoms with E-state index in [0.29, 0.717) is 22.3 Å². The van der Waals surface area contributed by atoms with Crippen LogP contribution in [0.25, 0.3) is 6.08 Å². The van der Waals surface area contributed by atoms with E-state index in [1.165, 1.54) is 36.0 Å². The fraction of sp³-hybridized carbons (Fsp3) is 0.105. The number of carboxylic acid groups (broad SMARTS) is 1. The van der Waals surface area contributed by atoms with Gasteiger partial charge >= 0.3 is 5.97 Å². The zero-order chi connectivity index (χ0) is 18.7. The third-order valence-electron chi connectivity index (χ3n) is 3.71.